The Hall–Kier alpha value is -2.73. The molecule has 0 fully saturated rings. The second-order valence-corrected chi connectivity index (χ2v) is 4.35. The lowest BCUT2D eigenvalue weighted by Crippen LogP contribution is -2.15. The summed E-state index contributed by atoms with van der Waals surface area (Å²) in [7, 11) is 0. The van der Waals surface area contributed by atoms with Crippen molar-refractivity contribution in [2.45, 2.75) is 6.54 Å². The van der Waals surface area contributed by atoms with Crippen LogP contribution in [0.15, 0.2) is 42.5 Å². The van der Waals surface area contributed by atoms with Crippen molar-refractivity contribution >= 4 is 17.6 Å². The van der Waals surface area contributed by atoms with E-state index in [0.29, 0.717) is 12.1 Å². The summed E-state index contributed by atoms with van der Waals surface area (Å²) >= 11 is 0. The number of nitrogens with one attached hydrogen (secondary N) is 1. The minimum absolute atomic E-state index is 0.0387. The van der Waals surface area contributed by atoms with Gasteiger partial charge in [0.05, 0.1) is 11.3 Å². The van der Waals surface area contributed by atoms with Gasteiger partial charge in [0.1, 0.15) is 5.82 Å². The molecule has 0 aliphatic carbocycles. The Morgan fingerprint density at radius 3 is 2.38 bits per heavy atom. The minimum atomic E-state index is -1.32. The van der Waals surface area contributed by atoms with Gasteiger partial charge < -0.3 is 16.2 Å². The number of carbonyl (C=O) groups is 2. The summed E-state index contributed by atoms with van der Waals surface area (Å²) in [4.78, 5) is 23.1. The van der Waals surface area contributed by atoms with E-state index in [4.69, 9.17) is 10.8 Å². The number of aromatic carboxylic acids is 1. The van der Waals surface area contributed by atoms with Crippen LogP contribution in [0.3, 0.4) is 0 Å². The van der Waals surface area contributed by atoms with Crippen LogP contribution < -0.4 is 11.1 Å². The number of anilines is 1. The van der Waals surface area contributed by atoms with Gasteiger partial charge >= 0.3 is 5.97 Å². The number of nitrogens with two attached hydrogens (primary N) is 1. The second-order valence-electron chi connectivity index (χ2n) is 4.35. The van der Waals surface area contributed by atoms with E-state index in [1.165, 1.54) is 6.07 Å². The molecule has 0 heterocycles. The molecule has 0 spiro atoms. The van der Waals surface area contributed by atoms with E-state index in [-0.39, 0.29) is 11.3 Å². The molecule has 1 amide bonds. The fourth-order valence-electron chi connectivity index (χ4n) is 1.79. The molecule has 0 radical (unpaired) electrons. The van der Waals surface area contributed by atoms with Crippen molar-refractivity contribution in [3.05, 3.63) is 65.0 Å². The summed E-state index contributed by atoms with van der Waals surface area (Å²) in [5.41, 5.74) is 6.43. The number of carboxylic acids is 1. The third kappa shape index (κ3) is 3.43. The first kappa shape index (κ1) is 14.7. The highest BCUT2D eigenvalue weighted by molar-refractivity contribution is 6.07. The van der Waals surface area contributed by atoms with Crippen LogP contribution in [0.1, 0.15) is 26.3 Å². The van der Waals surface area contributed by atoms with Gasteiger partial charge in [-0.15, -0.1) is 0 Å². The average molecular weight is 288 g/mol. The van der Waals surface area contributed by atoms with Gasteiger partial charge in [0.15, 0.2) is 0 Å². The highest BCUT2D eigenvalue weighted by Crippen LogP contribution is 2.18. The number of benzene rings is 2. The van der Waals surface area contributed by atoms with E-state index >= 15 is 0 Å². The topological polar surface area (TPSA) is 92.4 Å². The van der Waals surface area contributed by atoms with Crippen molar-refractivity contribution < 1.29 is 19.1 Å². The number of amides is 1. The zero-order valence-corrected chi connectivity index (χ0v) is 11.0. The molecule has 6 heteroatoms. The van der Waals surface area contributed by atoms with Gasteiger partial charge in [0.2, 0.25) is 0 Å². The van der Waals surface area contributed by atoms with Gasteiger partial charge in [0, 0.05) is 12.1 Å². The van der Waals surface area contributed by atoms with Crippen molar-refractivity contribution in [3.63, 3.8) is 0 Å². The molecule has 0 aliphatic heterocycles. The highest BCUT2D eigenvalue weighted by Gasteiger charge is 2.14. The first-order valence-corrected chi connectivity index (χ1v) is 6.14. The number of hydrogen-bond donors (Lipinski definition) is 3. The van der Waals surface area contributed by atoms with Crippen LogP contribution >= 0.6 is 0 Å². The molecule has 2 aromatic carbocycles. The first-order valence-electron chi connectivity index (χ1n) is 6.14. The Morgan fingerprint density at radius 2 is 1.81 bits per heavy atom. The van der Waals surface area contributed by atoms with Gasteiger partial charge in [-0.3, -0.25) is 4.79 Å². The number of carbonyl (C=O) groups excluding carboxylic acids is 1. The van der Waals surface area contributed by atoms with E-state index in [1.54, 1.807) is 24.3 Å². The number of rotatable bonds is 4. The van der Waals surface area contributed by atoms with Crippen LogP contribution in [0.4, 0.5) is 10.1 Å². The highest BCUT2D eigenvalue weighted by atomic mass is 19.1. The Bertz CT molecular complexity index is 684. The molecule has 108 valence electrons. The Balaban J connectivity index is 2.24. The standard InChI is InChI=1S/C15H13FN2O3/c16-11-5-6-13(12(7-11)15(20)21)18-14(19)10-3-1-9(8-17)2-4-10/h1-7H,8,17H2,(H,18,19)(H,20,21). The molecule has 2 rings (SSSR count). The fourth-order valence-corrected chi connectivity index (χ4v) is 1.79. The van der Waals surface area contributed by atoms with Crippen molar-refractivity contribution in [3.8, 4) is 0 Å². The summed E-state index contributed by atoms with van der Waals surface area (Å²) in [6.07, 6.45) is 0. The SMILES string of the molecule is NCc1ccc(C(=O)Nc2ccc(F)cc2C(=O)O)cc1. The summed E-state index contributed by atoms with van der Waals surface area (Å²) in [5, 5.41) is 11.5. The number of halogens is 1. The molecular weight excluding hydrogens is 275 g/mol. The van der Waals surface area contributed by atoms with Gasteiger partial charge in [-0.25, -0.2) is 9.18 Å². The quantitative estimate of drug-likeness (QED) is 0.804. The largest absolute Gasteiger partial charge is 0.478 e. The third-order valence-electron chi connectivity index (χ3n) is 2.91. The van der Waals surface area contributed by atoms with Gasteiger partial charge in [0.25, 0.3) is 5.91 Å². The molecule has 0 saturated carbocycles. The Kier molecular flexibility index (Phi) is 4.30. The van der Waals surface area contributed by atoms with E-state index in [1.807, 2.05) is 0 Å². The first-order chi connectivity index (χ1) is 10.0. The fraction of sp³-hybridized carbons (Fsp3) is 0.0667. The zero-order chi connectivity index (χ0) is 15.4. The molecule has 0 atom stereocenters. The Morgan fingerprint density at radius 1 is 1.14 bits per heavy atom. The van der Waals surface area contributed by atoms with Gasteiger partial charge in [-0.05, 0) is 35.9 Å². The molecule has 0 bridgehead atoms. The summed E-state index contributed by atoms with van der Waals surface area (Å²) in [5.74, 6) is -2.48. The molecule has 0 aliphatic rings. The van der Waals surface area contributed by atoms with Crippen LogP contribution in [0, 0.1) is 5.82 Å². The van der Waals surface area contributed by atoms with Crippen molar-refractivity contribution in [1.82, 2.24) is 0 Å². The summed E-state index contributed by atoms with van der Waals surface area (Å²) < 4.78 is 13.1. The van der Waals surface area contributed by atoms with Crippen molar-refractivity contribution in [2.75, 3.05) is 5.32 Å². The second kappa shape index (κ2) is 6.15. The summed E-state index contributed by atoms with van der Waals surface area (Å²) in [6, 6.07) is 9.73. The van der Waals surface area contributed by atoms with E-state index in [0.717, 1.165) is 17.7 Å². The van der Waals surface area contributed by atoms with Crippen LogP contribution in [-0.4, -0.2) is 17.0 Å². The predicted molar refractivity (Wildman–Crippen MR) is 75.6 cm³/mol. The van der Waals surface area contributed by atoms with Crippen LogP contribution in [-0.2, 0) is 6.54 Å². The molecule has 4 N–H and O–H groups in total. The normalized spacial score (nSPS) is 10.2. The lowest BCUT2D eigenvalue weighted by atomic mass is 10.1. The van der Waals surface area contributed by atoms with E-state index in [9.17, 15) is 14.0 Å². The van der Waals surface area contributed by atoms with E-state index in [2.05, 4.69) is 5.32 Å². The van der Waals surface area contributed by atoms with Crippen molar-refractivity contribution in [2.24, 2.45) is 5.73 Å². The van der Waals surface area contributed by atoms with Gasteiger partial charge in [-0.2, -0.15) is 0 Å². The molecular formula is C15H13FN2O3. The molecule has 5 nitrogen and oxygen atoms in total. The Labute approximate surface area is 120 Å². The maximum Gasteiger partial charge on any atom is 0.337 e. The third-order valence-corrected chi connectivity index (χ3v) is 2.91. The molecule has 21 heavy (non-hydrogen) atoms. The van der Waals surface area contributed by atoms with Crippen LogP contribution in [0.2, 0.25) is 0 Å². The lowest BCUT2D eigenvalue weighted by molar-refractivity contribution is 0.0697. The smallest absolute Gasteiger partial charge is 0.337 e. The van der Waals surface area contributed by atoms with Crippen LogP contribution in [0.25, 0.3) is 0 Å². The molecule has 0 saturated heterocycles. The summed E-state index contributed by atoms with van der Waals surface area (Å²) in [6.45, 7) is 0.364. The maximum atomic E-state index is 13.1. The molecule has 0 aromatic heterocycles. The monoisotopic (exact) mass is 288 g/mol. The molecule has 2 aromatic rings. The maximum absolute atomic E-state index is 13.1. The number of hydrogen-bond acceptors (Lipinski definition) is 3. The van der Waals surface area contributed by atoms with E-state index < -0.39 is 17.7 Å². The van der Waals surface area contributed by atoms with Crippen LogP contribution in [0.5, 0.6) is 0 Å². The number of carboxylic acid groups (broad SMARTS) is 1. The van der Waals surface area contributed by atoms with Crippen molar-refractivity contribution in [1.29, 1.82) is 0 Å². The zero-order valence-electron chi connectivity index (χ0n) is 11.0. The predicted octanol–water partition coefficient (Wildman–Crippen LogP) is 2.23. The average Bonchev–Trinajstić information content (AvgIpc) is 2.49. The lowest BCUT2D eigenvalue weighted by Gasteiger charge is -2.09. The van der Waals surface area contributed by atoms with Gasteiger partial charge in [-0.1, -0.05) is 12.1 Å². The molecule has 0 unspecified atom stereocenters. The minimum Gasteiger partial charge on any atom is -0.478 e.